The monoisotopic (exact) mass is 263 g/mol. The summed E-state index contributed by atoms with van der Waals surface area (Å²) < 4.78 is 10.3. The first kappa shape index (κ1) is 9.51. The first-order chi connectivity index (χ1) is 6.34. The maximum Gasteiger partial charge on any atom is 0.179 e. The average molecular weight is 264 g/mol. The topological polar surface area (TPSA) is 38.2 Å². The molecule has 0 saturated carbocycles. The van der Waals surface area contributed by atoms with Crippen molar-refractivity contribution < 1.29 is 4.74 Å². The van der Waals surface area contributed by atoms with Gasteiger partial charge in [-0.15, -0.1) is 0 Å². The van der Waals surface area contributed by atoms with Crippen LogP contribution in [0.4, 0.5) is 0 Å². The van der Waals surface area contributed by atoms with Gasteiger partial charge in [0.25, 0.3) is 0 Å². The molecule has 72 valence electrons. The molecule has 1 aromatic rings. The molecule has 0 aromatic carbocycles. The number of morpholine rings is 1. The molecule has 1 aromatic heterocycles. The Morgan fingerprint density at radius 1 is 1.46 bits per heavy atom. The van der Waals surface area contributed by atoms with Crippen LogP contribution in [0.25, 0.3) is 0 Å². The van der Waals surface area contributed by atoms with Gasteiger partial charge in [0, 0.05) is 13.1 Å². The van der Waals surface area contributed by atoms with E-state index in [-0.39, 0.29) is 0 Å². The van der Waals surface area contributed by atoms with E-state index in [9.17, 15) is 0 Å². The van der Waals surface area contributed by atoms with E-state index in [1.807, 2.05) is 0 Å². The summed E-state index contributed by atoms with van der Waals surface area (Å²) in [5.41, 5.74) is 0. The first-order valence-corrected chi connectivity index (χ1v) is 5.69. The van der Waals surface area contributed by atoms with Crippen LogP contribution in [0, 0.1) is 0 Å². The van der Waals surface area contributed by atoms with Gasteiger partial charge >= 0.3 is 0 Å². The van der Waals surface area contributed by atoms with Crippen molar-refractivity contribution in [2.45, 2.75) is 6.54 Å². The summed E-state index contributed by atoms with van der Waals surface area (Å²) in [5.74, 6) is 0.902. The summed E-state index contributed by atoms with van der Waals surface area (Å²) in [4.78, 5) is 6.55. The molecule has 0 atom stereocenters. The second-order valence-electron chi connectivity index (χ2n) is 2.85. The Bertz CT molecular complexity index is 274. The molecule has 1 aliphatic heterocycles. The summed E-state index contributed by atoms with van der Waals surface area (Å²) >= 11 is 4.69. The van der Waals surface area contributed by atoms with Gasteiger partial charge in [0.1, 0.15) is 0 Å². The zero-order valence-corrected chi connectivity index (χ0v) is 9.47. The lowest BCUT2D eigenvalue weighted by molar-refractivity contribution is 0.0332. The molecular weight excluding hydrogens is 254 g/mol. The van der Waals surface area contributed by atoms with E-state index in [4.69, 9.17) is 4.74 Å². The molecule has 0 aliphatic carbocycles. The number of aromatic nitrogens is 2. The van der Waals surface area contributed by atoms with Crippen LogP contribution in [0.15, 0.2) is 3.92 Å². The largest absolute Gasteiger partial charge is 0.379 e. The fourth-order valence-electron chi connectivity index (χ4n) is 1.26. The summed E-state index contributed by atoms with van der Waals surface area (Å²) in [6.45, 7) is 4.45. The normalized spacial score (nSPS) is 19.2. The summed E-state index contributed by atoms with van der Waals surface area (Å²) in [5, 5.41) is 0. The van der Waals surface area contributed by atoms with E-state index in [0.29, 0.717) is 0 Å². The minimum atomic E-state index is 0.825. The molecule has 6 heteroatoms. The van der Waals surface area contributed by atoms with E-state index >= 15 is 0 Å². The van der Waals surface area contributed by atoms with Gasteiger partial charge in [-0.05, 0) is 27.5 Å². The second-order valence-corrected chi connectivity index (χ2v) is 4.88. The van der Waals surface area contributed by atoms with Gasteiger partial charge in [-0.25, -0.2) is 4.98 Å². The Morgan fingerprint density at radius 2 is 2.23 bits per heavy atom. The van der Waals surface area contributed by atoms with E-state index in [0.717, 1.165) is 42.6 Å². The Morgan fingerprint density at radius 3 is 2.85 bits per heavy atom. The Labute approximate surface area is 89.2 Å². The lowest BCUT2D eigenvalue weighted by Gasteiger charge is -2.25. The van der Waals surface area contributed by atoms with Gasteiger partial charge in [-0.3, -0.25) is 4.90 Å². The van der Waals surface area contributed by atoms with Crippen molar-refractivity contribution in [1.82, 2.24) is 14.3 Å². The van der Waals surface area contributed by atoms with E-state index in [1.165, 1.54) is 11.5 Å². The SMILES string of the molecule is Brc1nc(CN2CCOCC2)ns1. The second kappa shape index (κ2) is 4.45. The van der Waals surface area contributed by atoms with Gasteiger partial charge in [0.2, 0.25) is 0 Å². The highest BCUT2D eigenvalue weighted by Gasteiger charge is 2.12. The molecule has 13 heavy (non-hydrogen) atoms. The molecular formula is C7H10BrN3OS. The molecule has 0 radical (unpaired) electrons. The van der Waals surface area contributed by atoms with Gasteiger partial charge in [0.05, 0.1) is 19.8 Å². The van der Waals surface area contributed by atoms with Crippen molar-refractivity contribution >= 4 is 27.5 Å². The van der Waals surface area contributed by atoms with Crippen LogP contribution in [-0.2, 0) is 11.3 Å². The predicted molar refractivity (Wildman–Crippen MR) is 53.7 cm³/mol. The molecule has 0 bridgehead atoms. The van der Waals surface area contributed by atoms with Crippen LogP contribution in [-0.4, -0.2) is 40.6 Å². The van der Waals surface area contributed by atoms with Gasteiger partial charge in [-0.2, -0.15) is 4.37 Å². The van der Waals surface area contributed by atoms with Crippen LogP contribution < -0.4 is 0 Å². The molecule has 0 amide bonds. The third kappa shape index (κ3) is 2.70. The number of nitrogens with zero attached hydrogens (tertiary/aromatic N) is 3. The molecule has 4 nitrogen and oxygen atoms in total. The third-order valence-electron chi connectivity index (χ3n) is 1.91. The van der Waals surface area contributed by atoms with Crippen LogP contribution in [0.1, 0.15) is 5.82 Å². The van der Waals surface area contributed by atoms with Gasteiger partial charge in [0.15, 0.2) is 9.74 Å². The number of ether oxygens (including phenoxy) is 1. The van der Waals surface area contributed by atoms with Gasteiger partial charge < -0.3 is 4.74 Å². The number of halogens is 1. The molecule has 1 saturated heterocycles. The van der Waals surface area contributed by atoms with Crippen molar-refractivity contribution in [1.29, 1.82) is 0 Å². The fraction of sp³-hybridized carbons (Fsp3) is 0.714. The van der Waals surface area contributed by atoms with E-state index < -0.39 is 0 Å². The summed E-state index contributed by atoms with van der Waals surface area (Å²) in [6, 6.07) is 0. The van der Waals surface area contributed by atoms with Crippen LogP contribution in [0.3, 0.4) is 0 Å². The molecule has 2 rings (SSSR count). The van der Waals surface area contributed by atoms with Crippen molar-refractivity contribution in [2.75, 3.05) is 26.3 Å². The zero-order chi connectivity index (χ0) is 9.10. The fourth-order valence-corrected chi connectivity index (χ4v) is 2.10. The minimum Gasteiger partial charge on any atom is -0.379 e. The van der Waals surface area contributed by atoms with Crippen molar-refractivity contribution in [3.05, 3.63) is 9.74 Å². The summed E-state index contributed by atoms with van der Waals surface area (Å²) in [7, 11) is 0. The lowest BCUT2D eigenvalue weighted by atomic mass is 10.4. The Balaban J connectivity index is 1.89. The molecule has 2 heterocycles. The van der Waals surface area contributed by atoms with Crippen LogP contribution in [0.5, 0.6) is 0 Å². The van der Waals surface area contributed by atoms with Crippen molar-refractivity contribution in [3.8, 4) is 0 Å². The number of rotatable bonds is 2. The predicted octanol–water partition coefficient (Wildman–Crippen LogP) is 1.13. The highest BCUT2D eigenvalue weighted by atomic mass is 79.9. The molecule has 0 N–H and O–H groups in total. The number of hydrogen-bond donors (Lipinski definition) is 0. The van der Waals surface area contributed by atoms with E-state index in [2.05, 4.69) is 30.2 Å². The highest BCUT2D eigenvalue weighted by Crippen LogP contribution is 2.13. The number of hydrogen-bond acceptors (Lipinski definition) is 5. The van der Waals surface area contributed by atoms with Crippen molar-refractivity contribution in [2.24, 2.45) is 0 Å². The maximum atomic E-state index is 5.25. The lowest BCUT2D eigenvalue weighted by Crippen LogP contribution is -2.35. The standard InChI is InChI=1S/C7H10BrN3OS/c8-7-9-6(10-13-7)5-11-1-3-12-4-2-11/h1-5H2. The third-order valence-corrected chi connectivity index (χ3v) is 3.07. The van der Waals surface area contributed by atoms with E-state index in [1.54, 1.807) is 0 Å². The summed E-state index contributed by atoms with van der Waals surface area (Å²) in [6.07, 6.45) is 0. The molecule has 0 unspecified atom stereocenters. The van der Waals surface area contributed by atoms with Crippen molar-refractivity contribution in [3.63, 3.8) is 0 Å². The molecule has 1 aliphatic rings. The minimum absolute atomic E-state index is 0.825. The Hall–Kier alpha value is -0.0400. The molecule has 0 spiro atoms. The molecule has 1 fully saturated rings. The first-order valence-electron chi connectivity index (χ1n) is 4.13. The average Bonchev–Trinajstić information content (AvgIpc) is 2.53. The zero-order valence-electron chi connectivity index (χ0n) is 7.07. The Kier molecular flexibility index (Phi) is 3.26. The smallest absolute Gasteiger partial charge is 0.179 e. The highest BCUT2D eigenvalue weighted by molar-refractivity contribution is 9.11. The quantitative estimate of drug-likeness (QED) is 0.802. The van der Waals surface area contributed by atoms with Gasteiger partial charge in [-0.1, -0.05) is 0 Å². The van der Waals surface area contributed by atoms with Crippen LogP contribution >= 0.6 is 27.5 Å². The van der Waals surface area contributed by atoms with Crippen LogP contribution in [0.2, 0.25) is 0 Å². The maximum absolute atomic E-state index is 5.25.